The summed E-state index contributed by atoms with van der Waals surface area (Å²) in [6.45, 7) is 9.71. The van der Waals surface area contributed by atoms with Crippen LogP contribution in [0.4, 0.5) is 23.0 Å². The first-order valence-electron chi connectivity index (χ1n) is 12.2. The molecule has 2 fully saturated rings. The largest absolute Gasteiger partial charge is 0.369 e. The number of benzene rings is 2. The van der Waals surface area contributed by atoms with Gasteiger partial charge in [0.1, 0.15) is 0 Å². The van der Waals surface area contributed by atoms with Crippen LogP contribution >= 0.6 is 0 Å². The van der Waals surface area contributed by atoms with Crippen molar-refractivity contribution in [1.29, 1.82) is 0 Å². The molecule has 2 aromatic carbocycles. The molecule has 2 N–H and O–H groups in total. The molecule has 5 rings (SSSR count). The molecule has 34 heavy (non-hydrogen) atoms. The molecule has 2 aliphatic rings. The van der Waals surface area contributed by atoms with Crippen LogP contribution in [0.25, 0.3) is 11.3 Å². The van der Waals surface area contributed by atoms with Crippen molar-refractivity contribution in [1.82, 2.24) is 14.9 Å². The lowest BCUT2D eigenvalue weighted by molar-refractivity contribution is -0.117. The molecule has 0 radical (unpaired) electrons. The molecule has 1 saturated heterocycles. The molecule has 1 aromatic heterocycles. The average molecular weight is 457 g/mol. The van der Waals surface area contributed by atoms with Crippen molar-refractivity contribution in [3.05, 3.63) is 60.3 Å². The van der Waals surface area contributed by atoms with Gasteiger partial charge in [0.15, 0.2) is 0 Å². The topological polar surface area (TPSA) is 73.4 Å². The van der Waals surface area contributed by atoms with Crippen molar-refractivity contribution < 1.29 is 4.79 Å². The van der Waals surface area contributed by atoms with Gasteiger partial charge in [-0.3, -0.25) is 4.79 Å². The number of hydrogen-bond donors (Lipinski definition) is 2. The van der Waals surface area contributed by atoms with Crippen molar-refractivity contribution in [3.8, 4) is 11.3 Å². The maximum Gasteiger partial charge on any atom is 0.227 e. The average Bonchev–Trinajstić information content (AvgIpc) is 3.72. The quantitative estimate of drug-likeness (QED) is 0.538. The molecule has 0 bridgehead atoms. The Labute approximate surface area is 201 Å². The lowest BCUT2D eigenvalue weighted by atomic mass is 10.1. The summed E-state index contributed by atoms with van der Waals surface area (Å²) in [6.07, 6.45) is 3.84. The van der Waals surface area contributed by atoms with Crippen LogP contribution in [-0.4, -0.2) is 53.5 Å². The number of nitrogens with zero attached hydrogens (tertiary/aromatic N) is 4. The SMILES string of the molecule is CCN1CCN(c2ccc(Nc3ncc(C)c(-c4ccc(NC(=O)C5CC5)cc4)n3)cc2)CC1. The highest BCUT2D eigenvalue weighted by atomic mass is 16.2. The van der Waals surface area contributed by atoms with Crippen LogP contribution in [0, 0.1) is 12.8 Å². The molecule has 1 amide bonds. The smallest absolute Gasteiger partial charge is 0.227 e. The Hall–Kier alpha value is -3.45. The molecule has 0 spiro atoms. The van der Waals surface area contributed by atoms with E-state index in [0.717, 1.165) is 73.8 Å². The second-order valence-corrected chi connectivity index (χ2v) is 9.16. The van der Waals surface area contributed by atoms with E-state index in [4.69, 9.17) is 4.98 Å². The predicted molar refractivity (Wildman–Crippen MR) is 138 cm³/mol. The minimum absolute atomic E-state index is 0.117. The normalized spacial score (nSPS) is 16.4. The van der Waals surface area contributed by atoms with E-state index in [1.807, 2.05) is 37.4 Å². The number of aromatic nitrogens is 2. The number of hydrogen-bond acceptors (Lipinski definition) is 6. The minimum Gasteiger partial charge on any atom is -0.369 e. The number of likely N-dealkylation sites (N-methyl/N-ethyl adjacent to an activating group) is 1. The van der Waals surface area contributed by atoms with E-state index in [1.54, 1.807) is 0 Å². The lowest BCUT2D eigenvalue weighted by Gasteiger charge is -2.35. The maximum atomic E-state index is 12.0. The molecule has 7 heteroatoms. The zero-order valence-electron chi connectivity index (χ0n) is 19.9. The van der Waals surface area contributed by atoms with Crippen LogP contribution in [0.5, 0.6) is 0 Å². The second-order valence-electron chi connectivity index (χ2n) is 9.16. The zero-order chi connectivity index (χ0) is 23.5. The number of piperazine rings is 1. The first-order chi connectivity index (χ1) is 16.6. The van der Waals surface area contributed by atoms with Crippen LogP contribution in [-0.2, 0) is 4.79 Å². The summed E-state index contributed by atoms with van der Waals surface area (Å²) in [5, 5.41) is 6.32. The summed E-state index contributed by atoms with van der Waals surface area (Å²) in [5.74, 6) is 0.875. The first-order valence-corrected chi connectivity index (χ1v) is 12.2. The van der Waals surface area contributed by atoms with Gasteiger partial charge in [0, 0.05) is 60.9 Å². The molecule has 0 atom stereocenters. The Morgan fingerprint density at radius 3 is 2.29 bits per heavy atom. The van der Waals surface area contributed by atoms with Crippen molar-refractivity contribution in [2.45, 2.75) is 26.7 Å². The number of anilines is 4. The van der Waals surface area contributed by atoms with Gasteiger partial charge in [-0.2, -0.15) is 0 Å². The molecule has 3 aromatic rings. The van der Waals surface area contributed by atoms with Crippen molar-refractivity contribution in [2.24, 2.45) is 5.92 Å². The minimum atomic E-state index is 0.117. The summed E-state index contributed by atoms with van der Waals surface area (Å²) in [5.41, 5.74) is 5.91. The number of nitrogens with one attached hydrogen (secondary N) is 2. The third-order valence-corrected chi connectivity index (χ3v) is 6.65. The van der Waals surface area contributed by atoms with E-state index >= 15 is 0 Å². The van der Waals surface area contributed by atoms with Gasteiger partial charge in [-0.15, -0.1) is 0 Å². The molecule has 1 aliphatic heterocycles. The fraction of sp³-hybridized carbons (Fsp3) is 0.370. The maximum absolute atomic E-state index is 12.0. The van der Waals surface area contributed by atoms with Crippen LogP contribution in [0.3, 0.4) is 0 Å². The van der Waals surface area contributed by atoms with Crippen LogP contribution in [0.2, 0.25) is 0 Å². The monoisotopic (exact) mass is 456 g/mol. The number of rotatable bonds is 7. The van der Waals surface area contributed by atoms with Gasteiger partial charge in [-0.1, -0.05) is 19.1 Å². The highest BCUT2D eigenvalue weighted by Gasteiger charge is 2.29. The molecule has 1 saturated carbocycles. The number of carbonyl (C=O) groups excluding carboxylic acids is 1. The Morgan fingerprint density at radius 2 is 1.65 bits per heavy atom. The van der Waals surface area contributed by atoms with Crippen molar-refractivity contribution in [3.63, 3.8) is 0 Å². The summed E-state index contributed by atoms with van der Waals surface area (Å²) >= 11 is 0. The first kappa shape index (κ1) is 22.3. The summed E-state index contributed by atoms with van der Waals surface area (Å²) in [7, 11) is 0. The van der Waals surface area contributed by atoms with Gasteiger partial charge in [0.2, 0.25) is 11.9 Å². The fourth-order valence-corrected chi connectivity index (χ4v) is 4.30. The van der Waals surface area contributed by atoms with Gasteiger partial charge in [-0.05, 0) is 68.3 Å². The molecule has 0 unspecified atom stereocenters. The van der Waals surface area contributed by atoms with E-state index in [2.05, 4.69) is 56.6 Å². The molecule has 2 heterocycles. The Balaban J connectivity index is 1.25. The predicted octanol–water partition coefficient (Wildman–Crippen LogP) is 4.69. The third kappa shape index (κ3) is 5.20. The van der Waals surface area contributed by atoms with Gasteiger partial charge in [-0.25, -0.2) is 9.97 Å². The van der Waals surface area contributed by atoms with Gasteiger partial charge >= 0.3 is 0 Å². The zero-order valence-corrected chi connectivity index (χ0v) is 19.9. The van der Waals surface area contributed by atoms with Crippen LogP contribution in [0.15, 0.2) is 54.7 Å². The van der Waals surface area contributed by atoms with Gasteiger partial charge < -0.3 is 20.4 Å². The molecular weight excluding hydrogens is 424 g/mol. The molecule has 1 aliphatic carbocycles. The van der Waals surface area contributed by atoms with Gasteiger partial charge in [0.05, 0.1) is 5.69 Å². The second kappa shape index (κ2) is 9.81. The summed E-state index contributed by atoms with van der Waals surface area (Å²) in [6, 6.07) is 16.3. The highest BCUT2D eigenvalue weighted by molar-refractivity contribution is 5.94. The number of amides is 1. The Morgan fingerprint density at radius 1 is 0.971 bits per heavy atom. The van der Waals surface area contributed by atoms with Gasteiger partial charge in [0.25, 0.3) is 0 Å². The van der Waals surface area contributed by atoms with E-state index < -0.39 is 0 Å². The van der Waals surface area contributed by atoms with Crippen LogP contribution in [0.1, 0.15) is 25.3 Å². The van der Waals surface area contributed by atoms with Crippen LogP contribution < -0.4 is 15.5 Å². The number of aryl methyl sites for hydroxylation is 1. The van der Waals surface area contributed by atoms with E-state index in [1.165, 1.54) is 5.69 Å². The van der Waals surface area contributed by atoms with Crippen molar-refractivity contribution >= 4 is 28.9 Å². The standard InChI is InChI=1S/C27H32N6O/c1-3-32-14-16-33(17-15-32)24-12-10-23(11-13-24)30-27-28-18-19(2)25(31-27)20-6-8-22(9-7-20)29-26(34)21-4-5-21/h6-13,18,21H,3-5,14-17H2,1-2H3,(H,29,34)(H,28,30,31). The summed E-state index contributed by atoms with van der Waals surface area (Å²) in [4.78, 5) is 26.2. The molecular formula is C27H32N6O. The Kier molecular flexibility index (Phi) is 6.45. The van der Waals surface area contributed by atoms with Crippen molar-refractivity contribution in [2.75, 3.05) is 48.3 Å². The lowest BCUT2D eigenvalue weighted by Crippen LogP contribution is -2.46. The van der Waals surface area contributed by atoms with E-state index in [-0.39, 0.29) is 11.8 Å². The molecule has 176 valence electrons. The summed E-state index contributed by atoms with van der Waals surface area (Å²) < 4.78 is 0. The molecule has 7 nitrogen and oxygen atoms in total. The highest BCUT2D eigenvalue weighted by Crippen LogP contribution is 2.31. The Bertz CT molecular complexity index is 1130. The van der Waals surface area contributed by atoms with E-state index in [9.17, 15) is 4.79 Å². The third-order valence-electron chi connectivity index (χ3n) is 6.65. The number of carbonyl (C=O) groups is 1. The van der Waals surface area contributed by atoms with E-state index in [0.29, 0.717) is 5.95 Å². The fourth-order valence-electron chi connectivity index (χ4n) is 4.30.